The molecule has 0 aliphatic carbocycles. The number of nitrogens with zero attached hydrogens (tertiary/aromatic N) is 2. The molecule has 2 atom stereocenters. The van der Waals surface area contributed by atoms with Crippen LogP contribution in [-0.4, -0.2) is 26.7 Å². The van der Waals surface area contributed by atoms with Gasteiger partial charge in [0.15, 0.2) is 0 Å². The van der Waals surface area contributed by atoms with Crippen LogP contribution in [0, 0.1) is 0 Å². The van der Waals surface area contributed by atoms with Gasteiger partial charge in [-0.2, -0.15) is 11.8 Å². The van der Waals surface area contributed by atoms with Crippen molar-refractivity contribution in [1.82, 2.24) is 9.97 Å². The van der Waals surface area contributed by atoms with Gasteiger partial charge in [-0.25, -0.2) is 15.8 Å². The third-order valence-electron chi connectivity index (χ3n) is 3.21. The van der Waals surface area contributed by atoms with Crippen LogP contribution in [0.2, 0.25) is 0 Å². The Morgan fingerprint density at radius 1 is 1.37 bits per heavy atom. The van der Waals surface area contributed by atoms with E-state index in [4.69, 9.17) is 10.8 Å². The van der Waals surface area contributed by atoms with E-state index in [0.29, 0.717) is 16.4 Å². The Labute approximate surface area is 123 Å². The maximum absolute atomic E-state index is 5.53. The van der Waals surface area contributed by atoms with Crippen molar-refractivity contribution < 1.29 is 0 Å². The first-order valence-corrected chi connectivity index (χ1v) is 8.84. The number of aromatic nitrogens is 2. The fraction of sp³-hybridized carbons (Fsp3) is 0.692. The summed E-state index contributed by atoms with van der Waals surface area (Å²) in [5.41, 5.74) is 3.73. The third kappa shape index (κ3) is 3.55. The van der Waals surface area contributed by atoms with E-state index in [-0.39, 0.29) is 0 Å². The minimum absolute atomic E-state index is 0.384. The standard InChI is InChI=1S/C13H22N4S2/c1-4-10-12(19-6-5-18-10)13-15-9(8(2)3)7-11(16-13)17-14/h7-8,10,12H,4-6,14H2,1-3H3,(H,15,16,17). The van der Waals surface area contributed by atoms with Gasteiger partial charge in [0.2, 0.25) is 0 Å². The molecule has 0 saturated carbocycles. The quantitative estimate of drug-likeness (QED) is 0.657. The van der Waals surface area contributed by atoms with Crippen molar-refractivity contribution in [3.05, 3.63) is 17.6 Å². The lowest BCUT2D eigenvalue weighted by atomic mass is 10.1. The zero-order chi connectivity index (χ0) is 13.8. The molecule has 1 saturated heterocycles. The van der Waals surface area contributed by atoms with Crippen molar-refractivity contribution in [2.24, 2.45) is 5.84 Å². The average molecular weight is 298 g/mol. The van der Waals surface area contributed by atoms with Gasteiger partial charge in [0.1, 0.15) is 11.6 Å². The number of nitrogen functional groups attached to an aromatic ring is 1. The predicted molar refractivity (Wildman–Crippen MR) is 85.7 cm³/mol. The highest BCUT2D eigenvalue weighted by Crippen LogP contribution is 2.43. The number of hydrazine groups is 1. The highest BCUT2D eigenvalue weighted by molar-refractivity contribution is 8.06. The van der Waals surface area contributed by atoms with Crippen molar-refractivity contribution in [3.63, 3.8) is 0 Å². The first kappa shape index (κ1) is 14.9. The van der Waals surface area contributed by atoms with Crippen LogP contribution in [0.15, 0.2) is 6.07 Å². The van der Waals surface area contributed by atoms with E-state index in [9.17, 15) is 0 Å². The van der Waals surface area contributed by atoms with Crippen LogP contribution < -0.4 is 11.3 Å². The summed E-state index contributed by atoms with van der Waals surface area (Å²) in [6.45, 7) is 6.53. The van der Waals surface area contributed by atoms with E-state index < -0.39 is 0 Å². The van der Waals surface area contributed by atoms with Crippen LogP contribution in [-0.2, 0) is 0 Å². The molecule has 0 spiro atoms. The van der Waals surface area contributed by atoms with E-state index in [1.165, 1.54) is 11.5 Å². The molecule has 1 aromatic rings. The van der Waals surface area contributed by atoms with E-state index in [1.807, 2.05) is 29.6 Å². The Hall–Kier alpha value is -0.460. The summed E-state index contributed by atoms with van der Waals surface area (Å²) in [6, 6.07) is 1.94. The molecule has 3 N–H and O–H groups in total. The highest BCUT2D eigenvalue weighted by atomic mass is 32.2. The summed E-state index contributed by atoms with van der Waals surface area (Å²) < 4.78 is 0. The van der Waals surface area contributed by atoms with Crippen molar-refractivity contribution in [2.75, 3.05) is 16.9 Å². The van der Waals surface area contributed by atoms with E-state index in [0.717, 1.165) is 23.8 Å². The Morgan fingerprint density at radius 3 is 2.74 bits per heavy atom. The van der Waals surface area contributed by atoms with Crippen LogP contribution in [0.25, 0.3) is 0 Å². The molecule has 1 aliphatic rings. The molecule has 0 bridgehead atoms. The summed E-state index contributed by atoms with van der Waals surface area (Å²) in [4.78, 5) is 9.34. The lowest BCUT2D eigenvalue weighted by molar-refractivity contribution is 0.724. The molecule has 0 radical (unpaired) electrons. The van der Waals surface area contributed by atoms with Gasteiger partial charge in [-0.1, -0.05) is 20.8 Å². The van der Waals surface area contributed by atoms with Crippen LogP contribution >= 0.6 is 23.5 Å². The molecule has 1 aromatic heterocycles. The molecule has 2 unspecified atom stereocenters. The topological polar surface area (TPSA) is 63.8 Å². The minimum Gasteiger partial charge on any atom is -0.308 e. The smallest absolute Gasteiger partial charge is 0.145 e. The summed E-state index contributed by atoms with van der Waals surface area (Å²) in [7, 11) is 0. The van der Waals surface area contributed by atoms with Crippen LogP contribution in [0.4, 0.5) is 5.82 Å². The van der Waals surface area contributed by atoms with Crippen LogP contribution in [0.1, 0.15) is 49.9 Å². The fourth-order valence-electron chi connectivity index (χ4n) is 2.12. The maximum atomic E-state index is 5.53. The molecule has 0 amide bonds. The van der Waals surface area contributed by atoms with Gasteiger partial charge < -0.3 is 5.43 Å². The molecule has 106 valence electrons. The number of rotatable bonds is 4. The second-order valence-electron chi connectivity index (χ2n) is 4.94. The van der Waals surface area contributed by atoms with Crippen molar-refractivity contribution in [3.8, 4) is 0 Å². The Bertz CT molecular complexity index is 425. The average Bonchev–Trinajstić information content (AvgIpc) is 2.46. The zero-order valence-corrected chi connectivity index (χ0v) is 13.4. The third-order valence-corrected chi connectivity index (χ3v) is 6.45. The first-order chi connectivity index (χ1) is 9.15. The molecule has 2 heterocycles. The number of anilines is 1. The van der Waals surface area contributed by atoms with Gasteiger partial charge in [0.25, 0.3) is 0 Å². The normalized spacial score (nSPS) is 23.6. The fourth-order valence-corrected chi connectivity index (χ4v) is 5.12. The second-order valence-corrected chi connectivity index (χ2v) is 7.54. The summed E-state index contributed by atoms with van der Waals surface area (Å²) in [6.07, 6.45) is 1.16. The van der Waals surface area contributed by atoms with Gasteiger partial charge in [0.05, 0.1) is 5.25 Å². The number of thioether (sulfide) groups is 2. The Balaban J connectivity index is 2.33. The molecule has 19 heavy (non-hydrogen) atoms. The molecule has 0 aromatic carbocycles. The van der Waals surface area contributed by atoms with Gasteiger partial charge in [-0.15, -0.1) is 11.8 Å². The molecule has 2 rings (SSSR count). The summed E-state index contributed by atoms with van der Waals surface area (Å²) >= 11 is 4.02. The monoisotopic (exact) mass is 298 g/mol. The predicted octanol–water partition coefficient (Wildman–Crippen LogP) is 3.19. The maximum Gasteiger partial charge on any atom is 0.145 e. The van der Waals surface area contributed by atoms with Gasteiger partial charge in [-0.05, 0) is 12.3 Å². The largest absolute Gasteiger partial charge is 0.308 e. The molecule has 4 nitrogen and oxygen atoms in total. The highest BCUT2D eigenvalue weighted by Gasteiger charge is 2.29. The summed E-state index contributed by atoms with van der Waals surface area (Å²) in [5.74, 6) is 9.97. The van der Waals surface area contributed by atoms with Crippen molar-refractivity contribution in [1.29, 1.82) is 0 Å². The van der Waals surface area contributed by atoms with Crippen molar-refractivity contribution >= 4 is 29.3 Å². The lowest BCUT2D eigenvalue weighted by Crippen LogP contribution is -2.22. The SMILES string of the molecule is CCC1SCCSC1c1nc(NN)cc(C(C)C)n1. The van der Waals surface area contributed by atoms with E-state index >= 15 is 0 Å². The summed E-state index contributed by atoms with van der Waals surface area (Å²) in [5, 5.41) is 0.987. The molecule has 1 aliphatic heterocycles. The molecular weight excluding hydrogens is 276 g/mol. The number of hydrogen-bond donors (Lipinski definition) is 2. The molecule has 6 heteroatoms. The van der Waals surface area contributed by atoms with Gasteiger partial charge in [0, 0.05) is 28.5 Å². The number of nitrogens with two attached hydrogens (primary N) is 1. The first-order valence-electron chi connectivity index (χ1n) is 6.74. The minimum atomic E-state index is 0.384. The van der Waals surface area contributed by atoms with E-state index in [2.05, 4.69) is 31.2 Å². The lowest BCUT2D eigenvalue weighted by Gasteiger charge is -2.29. The second kappa shape index (κ2) is 6.81. The zero-order valence-electron chi connectivity index (χ0n) is 11.7. The van der Waals surface area contributed by atoms with Crippen molar-refractivity contribution in [2.45, 2.75) is 43.6 Å². The molecular formula is C13H22N4S2. The van der Waals surface area contributed by atoms with Crippen LogP contribution in [0.5, 0.6) is 0 Å². The van der Waals surface area contributed by atoms with Gasteiger partial charge in [-0.3, -0.25) is 0 Å². The molecule has 1 fully saturated rings. The van der Waals surface area contributed by atoms with E-state index in [1.54, 1.807) is 0 Å². The number of hydrogen-bond acceptors (Lipinski definition) is 6. The Morgan fingerprint density at radius 2 is 2.11 bits per heavy atom. The Kier molecular flexibility index (Phi) is 5.36. The van der Waals surface area contributed by atoms with Gasteiger partial charge >= 0.3 is 0 Å². The van der Waals surface area contributed by atoms with Crippen LogP contribution in [0.3, 0.4) is 0 Å². The number of nitrogens with one attached hydrogen (secondary N) is 1.